The van der Waals surface area contributed by atoms with Crippen molar-refractivity contribution in [1.82, 2.24) is 10.2 Å². The Bertz CT molecular complexity index is 826. The van der Waals surface area contributed by atoms with Gasteiger partial charge in [0.15, 0.2) is 0 Å². The van der Waals surface area contributed by atoms with Gasteiger partial charge in [-0.05, 0) is 54.4 Å². The molecule has 0 saturated carbocycles. The van der Waals surface area contributed by atoms with E-state index in [1.165, 1.54) is 12.1 Å². The maximum atomic E-state index is 13.5. The summed E-state index contributed by atoms with van der Waals surface area (Å²) in [5.41, 5.74) is 2.79. The summed E-state index contributed by atoms with van der Waals surface area (Å²) in [6, 6.07) is 10.4. The fraction of sp³-hybridized carbons (Fsp3) is 0.350. The van der Waals surface area contributed by atoms with Crippen molar-refractivity contribution in [2.45, 2.75) is 19.5 Å². The maximum absolute atomic E-state index is 13.5. The highest BCUT2D eigenvalue weighted by atomic mass is 79.9. The lowest BCUT2D eigenvalue weighted by molar-refractivity contribution is -0.132. The first-order valence-electron chi connectivity index (χ1n) is 8.78. The van der Waals surface area contributed by atoms with Gasteiger partial charge in [-0.1, -0.05) is 31.9 Å². The van der Waals surface area contributed by atoms with Crippen LogP contribution in [0.2, 0.25) is 0 Å². The maximum Gasteiger partial charge on any atom is 0.246 e. The van der Waals surface area contributed by atoms with E-state index in [1.807, 2.05) is 32.2 Å². The molecule has 3 rings (SSSR count). The van der Waals surface area contributed by atoms with Gasteiger partial charge in [-0.3, -0.25) is 4.79 Å². The first-order chi connectivity index (χ1) is 12.8. The van der Waals surface area contributed by atoms with E-state index in [0.29, 0.717) is 19.6 Å². The molecule has 1 fully saturated rings. The molecule has 2 aromatic carbocycles. The van der Waals surface area contributed by atoms with Gasteiger partial charge < -0.3 is 15.1 Å². The summed E-state index contributed by atoms with van der Waals surface area (Å²) in [6.07, 6.45) is 0. The monoisotopic (exact) mass is 497 g/mol. The Morgan fingerprint density at radius 3 is 2.63 bits per heavy atom. The van der Waals surface area contributed by atoms with Crippen molar-refractivity contribution in [2.24, 2.45) is 0 Å². The average Bonchev–Trinajstić information content (AvgIpc) is 2.60. The molecule has 27 heavy (non-hydrogen) atoms. The SMILES string of the molecule is Cc1cc(F)ccc1N1CCNCC1C(=O)N(C)Cc1cc(Br)cc(Br)c1. The van der Waals surface area contributed by atoms with Crippen LogP contribution in [0.5, 0.6) is 0 Å². The molecule has 1 aliphatic heterocycles. The number of carbonyl (C=O) groups excluding carboxylic acids is 1. The minimum atomic E-state index is -0.316. The van der Waals surface area contributed by atoms with Crippen LogP contribution >= 0.6 is 31.9 Å². The Balaban J connectivity index is 1.80. The van der Waals surface area contributed by atoms with Gasteiger partial charge in [0.1, 0.15) is 11.9 Å². The number of carbonyl (C=O) groups is 1. The van der Waals surface area contributed by atoms with E-state index in [0.717, 1.165) is 32.3 Å². The molecule has 1 heterocycles. The normalized spacial score (nSPS) is 17.1. The average molecular weight is 499 g/mol. The van der Waals surface area contributed by atoms with Gasteiger partial charge in [-0.15, -0.1) is 0 Å². The summed E-state index contributed by atoms with van der Waals surface area (Å²) < 4.78 is 15.4. The summed E-state index contributed by atoms with van der Waals surface area (Å²) in [4.78, 5) is 17.0. The van der Waals surface area contributed by atoms with Gasteiger partial charge in [-0.25, -0.2) is 4.39 Å². The molecule has 0 spiro atoms. The number of aryl methyl sites for hydroxylation is 1. The predicted molar refractivity (Wildman–Crippen MR) is 113 cm³/mol. The van der Waals surface area contributed by atoms with Crippen LogP contribution in [0.1, 0.15) is 11.1 Å². The molecule has 2 aromatic rings. The third kappa shape index (κ3) is 4.89. The molecule has 1 unspecified atom stereocenters. The van der Waals surface area contributed by atoms with E-state index >= 15 is 0 Å². The van der Waals surface area contributed by atoms with E-state index < -0.39 is 0 Å². The van der Waals surface area contributed by atoms with E-state index in [-0.39, 0.29) is 17.8 Å². The lowest BCUT2D eigenvalue weighted by Gasteiger charge is -2.39. The standard InChI is InChI=1S/C20H22Br2FN3O/c1-13-7-17(23)3-4-18(13)26-6-5-24-11-19(26)20(27)25(2)12-14-8-15(21)10-16(22)9-14/h3-4,7-10,19,24H,5-6,11-12H2,1-2H3. The zero-order chi connectivity index (χ0) is 19.6. The van der Waals surface area contributed by atoms with E-state index in [1.54, 1.807) is 11.0 Å². The molecule has 0 aromatic heterocycles. The van der Waals surface area contributed by atoms with E-state index in [9.17, 15) is 9.18 Å². The Hall–Kier alpha value is -1.44. The van der Waals surface area contributed by atoms with Crippen LogP contribution in [-0.4, -0.2) is 43.5 Å². The van der Waals surface area contributed by atoms with Gasteiger partial charge >= 0.3 is 0 Å². The second-order valence-electron chi connectivity index (χ2n) is 6.82. The molecule has 1 aliphatic rings. The van der Waals surface area contributed by atoms with Gasteiger partial charge in [-0.2, -0.15) is 0 Å². The number of hydrogen-bond acceptors (Lipinski definition) is 3. The van der Waals surface area contributed by atoms with Gasteiger partial charge in [0.05, 0.1) is 0 Å². The summed E-state index contributed by atoms with van der Waals surface area (Å²) in [6.45, 7) is 4.47. The first kappa shape index (κ1) is 20.3. The smallest absolute Gasteiger partial charge is 0.246 e. The number of rotatable bonds is 4. The third-order valence-corrected chi connectivity index (χ3v) is 5.63. The number of halogens is 3. The molecule has 0 aliphatic carbocycles. The third-order valence-electron chi connectivity index (χ3n) is 4.72. The predicted octanol–water partition coefficient (Wildman–Crippen LogP) is 4.10. The number of benzene rings is 2. The first-order valence-corrected chi connectivity index (χ1v) is 10.4. The minimum Gasteiger partial charge on any atom is -0.357 e. The number of amides is 1. The van der Waals surface area contributed by atoms with Crippen molar-refractivity contribution in [3.63, 3.8) is 0 Å². The second-order valence-corrected chi connectivity index (χ2v) is 8.65. The zero-order valence-electron chi connectivity index (χ0n) is 15.3. The van der Waals surface area contributed by atoms with Gasteiger partial charge in [0.25, 0.3) is 0 Å². The fourth-order valence-electron chi connectivity index (χ4n) is 3.46. The van der Waals surface area contributed by atoms with Gasteiger partial charge in [0, 0.05) is 47.9 Å². The van der Waals surface area contributed by atoms with Crippen molar-refractivity contribution in [3.8, 4) is 0 Å². The zero-order valence-corrected chi connectivity index (χ0v) is 18.5. The lowest BCUT2D eigenvalue weighted by atomic mass is 10.1. The number of piperazine rings is 1. The van der Waals surface area contributed by atoms with E-state index in [2.05, 4.69) is 42.1 Å². The quantitative estimate of drug-likeness (QED) is 0.689. The lowest BCUT2D eigenvalue weighted by Crippen LogP contribution is -2.58. The van der Waals surface area contributed by atoms with Crippen LogP contribution < -0.4 is 10.2 Å². The molecule has 1 saturated heterocycles. The highest BCUT2D eigenvalue weighted by Crippen LogP contribution is 2.25. The molecule has 1 amide bonds. The molecule has 144 valence electrons. The highest BCUT2D eigenvalue weighted by Gasteiger charge is 2.31. The Kier molecular flexibility index (Phi) is 6.55. The number of likely N-dealkylation sites (N-methyl/N-ethyl adjacent to an activating group) is 1. The van der Waals surface area contributed by atoms with Crippen LogP contribution in [0.4, 0.5) is 10.1 Å². The van der Waals surface area contributed by atoms with Crippen molar-refractivity contribution in [1.29, 1.82) is 0 Å². The molecule has 4 nitrogen and oxygen atoms in total. The molecule has 1 atom stereocenters. The van der Waals surface area contributed by atoms with Crippen molar-refractivity contribution < 1.29 is 9.18 Å². The molecular formula is C20H22Br2FN3O. The number of nitrogens with zero attached hydrogens (tertiary/aromatic N) is 2. The molecule has 7 heteroatoms. The van der Waals surface area contributed by atoms with E-state index in [4.69, 9.17) is 0 Å². The summed E-state index contributed by atoms with van der Waals surface area (Å²) in [5, 5.41) is 3.31. The Labute approximate surface area is 176 Å². The van der Waals surface area contributed by atoms with Crippen molar-refractivity contribution >= 4 is 43.5 Å². The van der Waals surface area contributed by atoms with Gasteiger partial charge in [0.2, 0.25) is 5.91 Å². The van der Waals surface area contributed by atoms with Crippen LogP contribution in [0.15, 0.2) is 45.3 Å². The summed E-state index contributed by atoms with van der Waals surface area (Å²) in [5.74, 6) is -0.214. The van der Waals surface area contributed by atoms with Crippen molar-refractivity contribution in [3.05, 3.63) is 62.3 Å². The minimum absolute atomic E-state index is 0.0435. The summed E-state index contributed by atoms with van der Waals surface area (Å²) in [7, 11) is 1.82. The topological polar surface area (TPSA) is 35.6 Å². The molecule has 0 bridgehead atoms. The van der Waals surface area contributed by atoms with Crippen LogP contribution in [-0.2, 0) is 11.3 Å². The number of nitrogens with one attached hydrogen (secondary N) is 1. The molecule has 1 N–H and O–H groups in total. The summed E-state index contributed by atoms with van der Waals surface area (Å²) >= 11 is 6.98. The van der Waals surface area contributed by atoms with Crippen LogP contribution in [0, 0.1) is 12.7 Å². The fourth-order valence-corrected chi connectivity index (χ4v) is 4.85. The van der Waals surface area contributed by atoms with Crippen LogP contribution in [0.3, 0.4) is 0 Å². The Morgan fingerprint density at radius 1 is 1.26 bits per heavy atom. The number of anilines is 1. The van der Waals surface area contributed by atoms with Crippen LogP contribution in [0.25, 0.3) is 0 Å². The van der Waals surface area contributed by atoms with Crippen molar-refractivity contribution in [2.75, 3.05) is 31.6 Å². The molecular weight excluding hydrogens is 477 g/mol. The second kappa shape index (κ2) is 8.71. The largest absolute Gasteiger partial charge is 0.357 e. The highest BCUT2D eigenvalue weighted by molar-refractivity contribution is 9.11. The Morgan fingerprint density at radius 2 is 1.96 bits per heavy atom. The molecule has 0 radical (unpaired) electrons. The number of hydrogen-bond donors (Lipinski definition) is 1.